The number of fused-ring (bicyclic) bond motifs is 3. The van der Waals surface area contributed by atoms with Crippen molar-refractivity contribution >= 4 is 16.8 Å². The molecule has 122 valence electrons. The predicted octanol–water partition coefficient (Wildman–Crippen LogP) is 2.32. The number of benzene rings is 1. The second kappa shape index (κ2) is 5.64. The number of aromatic nitrogens is 2. The molecule has 5 nitrogen and oxygen atoms in total. The lowest BCUT2D eigenvalue weighted by Gasteiger charge is -2.47. The molecule has 0 saturated carbocycles. The van der Waals surface area contributed by atoms with Crippen LogP contribution in [0.4, 0.5) is 0 Å². The molecule has 1 aromatic heterocycles. The summed E-state index contributed by atoms with van der Waals surface area (Å²) in [6, 6.07) is -6.07. The molecular weight excluding hydrogens is 288 g/mol. The Hall–Kier alpha value is -1.88. The molecule has 2 fully saturated rings. The van der Waals surface area contributed by atoms with Gasteiger partial charge >= 0.3 is 0 Å². The number of rotatable bonds is 2. The molecule has 4 rings (SSSR count). The van der Waals surface area contributed by atoms with Crippen LogP contribution in [0.25, 0.3) is 10.9 Å². The van der Waals surface area contributed by atoms with Crippen molar-refractivity contribution in [2.24, 2.45) is 7.05 Å². The average molecular weight is 321 g/mol. The smallest absolute Gasteiger partial charge is 0.272 e. The average Bonchev–Trinajstić information content (AvgIpc) is 3.06. The van der Waals surface area contributed by atoms with Gasteiger partial charge in [0.1, 0.15) is 0 Å². The first-order valence-electron chi connectivity index (χ1n) is 12.2. The maximum Gasteiger partial charge on any atom is 0.272 e. The van der Waals surface area contributed by atoms with Gasteiger partial charge < -0.3 is 10.2 Å². The van der Waals surface area contributed by atoms with Crippen molar-refractivity contribution in [3.05, 3.63) is 29.9 Å². The number of para-hydroxylation sites is 1. The Morgan fingerprint density at radius 1 is 1.35 bits per heavy atom. The SMILES string of the molecule is [2H]c1c([2H])c([2H])c2c(c(C(=O)NC3([2H])C([2H])([2H])[C@H]4CCC[C@@H](N4C)C3([2H])[2H])nn2C)c1[2H]. The van der Waals surface area contributed by atoms with Crippen LogP contribution in [0.3, 0.4) is 0 Å². The first kappa shape index (κ1) is 7.79. The van der Waals surface area contributed by atoms with Crippen LogP contribution in [0, 0.1) is 0 Å². The van der Waals surface area contributed by atoms with Crippen molar-refractivity contribution in [1.82, 2.24) is 20.0 Å². The first-order valence-corrected chi connectivity index (χ1v) is 7.66. The molecule has 2 bridgehead atoms. The molecule has 1 amide bonds. The molecule has 23 heavy (non-hydrogen) atoms. The number of carbonyl (C=O) groups is 1. The zero-order valence-electron chi connectivity index (χ0n) is 22.0. The lowest BCUT2D eigenvalue weighted by Crippen LogP contribution is -2.55. The van der Waals surface area contributed by atoms with Gasteiger partial charge in [-0.05, 0) is 38.7 Å². The molecule has 0 spiro atoms. The summed E-state index contributed by atoms with van der Waals surface area (Å²) in [5, 5.41) is 6.12. The summed E-state index contributed by atoms with van der Waals surface area (Å²) < 4.78 is 76.7. The fourth-order valence-electron chi connectivity index (χ4n) is 3.23. The van der Waals surface area contributed by atoms with E-state index in [1.165, 1.54) is 7.05 Å². The summed E-state index contributed by atoms with van der Waals surface area (Å²) in [4.78, 5) is 14.9. The second-order valence-corrected chi connectivity index (χ2v) is 5.94. The van der Waals surface area contributed by atoms with Gasteiger partial charge in [-0.1, -0.05) is 24.5 Å². The molecule has 2 atom stereocenters. The van der Waals surface area contributed by atoms with Gasteiger partial charge in [0.05, 0.1) is 12.4 Å². The van der Waals surface area contributed by atoms with Gasteiger partial charge in [0, 0.05) is 36.0 Å². The summed E-state index contributed by atoms with van der Waals surface area (Å²) in [6.07, 6.45) is -3.42. The Morgan fingerprint density at radius 3 is 2.78 bits per heavy atom. The number of amides is 1. The van der Waals surface area contributed by atoms with Crippen molar-refractivity contribution in [2.45, 2.75) is 50.1 Å². The van der Waals surface area contributed by atoms with Crippen molar-refractivity contribution < 1.29 is 17.1 Å². The van der Waals surface area contributed by atoms with Gasteiger partial charge in [-0.3, -0.25) is 9.48 Å². The van der Waals surface area contributed by atoms with Crippen molar-refractivity contribution in [1.29, 1.82) is 0 Å². The third-order valence-corrected chi connectivity index (χ3v) is 4.49. The normalized spacial score (nSPS) is 41.2. The molecular formula is C18H24N4O. The van der Waals surface area contributed by atoms with Gasteiger partial charge in [-0.2, -0.15) is 5.10 Å². The highest BCUT2D eigenvalue weighted by Gasteiger charge is 2.36. The van der Waals surface area contributed by atoms with Crippen LogP contribution >= 0.6 is 0 Å². The molecule has 2 aliphatic rings. The zero-order valence-corrected chi connectivity index (χ0v) is 13.0. The summed E-state index contributed by atoms with van der Waals surface area (Å²) in [5.74, 6) is -1.06. The van der Waals surface area contributed by atoms with Crippen LogP contribution in [-0.4, -0.2) is 45.7 Å². The number of hydrogen-bond acceptors (Lipinski definition) is 3. The van der Waals surface area contributed by atoms with Gasteiger partial charge in [0.25, 0.3) is 5.91 Å². The number of nitrogens with zero attached hydrogens (tertiary/aromatic N) is 3. The maximum atomic E-state index is 13.3. The molecule has 3 heterocycles. The number of piperidine rings is 2. The minimum atomic E-state index is -2.64. The van der Waals surface area contributed by atoms with E-state index in [1.807, 2.05) is 0 Å². The first-order chi connectivity index (χ1) is 14.7. The van der Waals surface area contributed by atoms with Crippen LogP contribution < -0.4 is 5.32 Å². The molecule has 2 saturated heterocycles. The number of carbonyl (C=O) groups excluding carboxylic acids is 1. The third-order valence-electron chi connectivity index (χ3n) is 4.49. The lowest BCUT2D eigenvalue weighted by atomic mass is 9.82. The van der Waals surface area contributed by atoms with E-state index in [4.69, 9.17) is 12.3 Å². The standard InChI is InChI=1S/C18H24N4O/c1-21-13-6-5-7-14(21)11-12(10-13)19-18(23)17-15-8-3-4-9-16(15)22(2)20-17/h3-4,8-9,12-14H,5-7,10-11H2,1-2H3,(H,19,23)/t13-,14-/m1/s1/i3D,4D,8D,9D,10D2,11D2,12D. The molecule has 0 unspecified atom stereocenters. The van der Waals surface area contributed by atoms with E-state index in [1.54, 1.807) is 11.9 Å². The van der Waals surface area contributed by atoms with Crippen molar-refractivity contribution in [3.8, 4) is 0 Å². The maximum absolute atomic E-state index is 13.3. The molecule has 2 aromatic rings. The van der Waals surface area contributed by atoms with E-state index >= 15 is 0 Å². The Morgan fingerprint density at radius 2 is 2.04 bits per heavy atom. The predicted molar refractivity (Wildman–Crippen MR) is 90.4 cm³/mol. The number of nitrogens with one attached hydrogen (secondary N) is 1. The van der Waals surface area contributed by atoms with E-state index in [2.05, 4.69) is 10.4 Å². The highest BCUT2D eigenvalue weighted by Crippen LogP contribution is 2.32. The van der Waals surface area contributed by atoms with Gasteiger partial charge in [-0.25, -0.2) is 0 Å². The monoisotopic (exact) mass is 321 g/mol. The fraction of sp³-hybridized carbons (Fsp3) is 0.556. The van der Waals surface area contributed by atoms with Crippen LogP contribution in [0.1, 0.15) is 54.8 Å². The zero-order chi connectivity index (χ0) is 24.0. The minimum Gasteiger partial charge on any atom is -0.348 e. The number of hydrogen-bond donors (Lipinski definition) is 1. The Labute approximate surface area is 149 Å². The molecule has 2 aliphatic heterocycles. The Kier molecular flexibility index (Phi) is 1.91. The third kappa shape index (κ3) is 2.53. The van der Waals surface area contributed by atoms with E-state index in [9.17, 15) is 4.79 Å². The van der Waals surface area contributed by atoms with Crippen LogP contribution in [-0.2, 0) is 7.05 Å². The summed E-state index contributed by atoms with van der Waals surface area (Å²) >= 11 is 0. The van der Waals surface area contributed by atoms with Gasteiger partial charge in [0.2, 0.25) is 0 Å². The Balaban J connectivity index is 1.85. The van der Waals surface area contributed by atoms with Crippen molar-refractivity contribution in [2.75, 3.05) is 7.05 Å². The highest BCUT2D eigenvalue weighted by molar-refractivity contribution is 6.04. The summed E-state index contributed by atoms with van der Waals surface area (Å²) in [6.45, 7) is 0. The minimum absolute atomic E-state index is 0.00792. The Bertz CT molecular complexity index is 1110. The van der Waals surface area contributed by atoms with Crippen LogP contribution in [0.5, 0.6) is 0 Å². The largest absolute Gasteiger partial charge is 0.348 e. The highest BCUT2D eigenvalue weighted by atomic mass is 16.2. The quantitative estimate of drug-likeness (QED) is 0.923. The summed E-state index contributed by atoms with van der Waals surface area (Å²) in [5.41, 5.74) is -0.414. The molecule has 1 N–H and O–H groups in total. The van der Waals surface area contributed by atoms with Gasteiger partial charge in [0.15, 0.2) is 5.69 Å². The summed E-state index contributed by atoms with van der Waals surface area (Å²) in [7, 11) is 3.04. The van der Waals surface area contributed by atoms with Gasteiger partial charge in [-0.15, -0.1) is 0 Å². The van der Waals surface area contributed by atoms with Crippen LogP contribution in [0.2, 0.25) is 0 Å². The fourth-order valence-corrected chi connectivity index (χ4v) is 3.23. The lowest BCUT2D eigenvalue weighted by molar-refractivity contribution is 0.0462. The molecule has 1 aromatic carbocycles. The van der Waals surface area contributed by atoms with Crippen LogP contribution in [0.15, 0.2) is 24.2 Å². The second-order valence-electron chi connectivity index (χ2n) is 5.94. The number of aryl methyl sites for hydroxylation is 1. The van der Waals surface area contributed by atoms with E-state index in [0.29, 0.717) is 19.3 Å². The van der Waals surface area contributed by atoms with Crippen molar-refractivity contribution in [3.63, 3.8) is 0 Å². The van der Waals surface area contributed by atoms with E-state index in [-0.39, 0.29) is 16.9 Å². The van der Waals surface area contributed by atoms with E-state index in [0.717, 1.165) is 4.68 Å². The topological polar surface area (TPSA) is 50.2 Å². The molecule has 5 heteroatoms. The molecule has 0 radical (unpaired) electrons. The molecule has 0 aliphatic carbocycles. The van der Waals surface area contributed by atoms with E-state index < -0.39 is 60.6 Å².